The number of aromatic nitrogens is 1. The summed E-state index contributed by atoms with van der Waals surface area (Å²) in [6.07, 6.45) is 2.50. The largest absolute Gasteiger partial charge is 0.619 e. The molecule has 138 valence electrons. The third-order valence-corrected chi connectivity index (χ3v) is 5.96. The van der Waals surface area contributed by atoms with Crippen LogP contribution in [0.2, 0.25) is 0 Å². The second kappa shape index (κ2) is 7.81. The lowest BCUT2D eigenvalue weighted by Crippen LogP contribution is -2.40. The van der Waals surface area contributed by atoms with Gasteiger partial charge in [-0.15, -0.1) is 0 Å². The number of nitrogens with one attached hydrogen (secondary N) is 1. The van der Waals surface area contributed by atoms with Gasteiger partial charge in [0.05, 0.1) is 23.7 Å². The maximum atomic E-state index is 12.6. The number of carbonyl (C=O) groups is 1. The summed E-state index contributed by atoms with van der Waals surface area (Å²) < 4.78 is 32.3. The van der Waals surface area contributed by atoms with E-state index in [9.17, 15) is 18.4 Å². The number of hydrogen-bond acceptors (Lipinski definition) is 5. The van der Waals surface area contributed by atoms with Crippen molar-refractivity contribution in [3.8, 4) is 0 Å². The second-order valence-electron chi connectivity index (χ2n) is 5.79. The number of pyridine rings is 1. The molecule has 3 rings (SSSR count). The molecule has 2 aromatic rings. The number of benzene rings is 1. The lowest BCUT2D eigenvalue weighted by molar-refractivity contribution is -0.605. The molecule has 26 heavy (non-hydrogen) atoms. The van der Waals surface area contributed by atoms with E-state index in [1.807, 2.05) is 0 Å². The zero-order valence-corrected chi connectivity index (χ0v) is 14.8. The first-order valence-electron chi connectivity index (χ1n) is 8.11. The molecule has 0 unspecified atom stereocenters. The van der Waals surface area contributed by atoms with E-state index in [2.05, 4.69) is 5.32 Å². The molecule has 0 saturated carbocycles. The van der Waals surface area contributed by atoms with Gasteiger partial charge >= 0.3 is 0 Å². The topological polar surface area (TPSA) is 103 Å². The molecule has 0 bridgehead atoms. The van der Waals surface area contributed by atoms with Gasteiger partial charge in [-0.05, 0) is 17.7 Å². The van der Waals surface area contributed by atoms with Gasteiger partial charge in [0.1, 0.15) is 0 Å². The van der Waals surface area contributed by atoms with Gasteiger partial charge in [-0.25, -0.2) is 8.42 Å². The van der Waals surface area contributed by atoms with Gasteiger partial charge in [0.25, 0.3) is 5.91 Å². The first-order valence-corrected chi connectivity index (χ1v) is 9.55. The molecule has 9 heteroatoms. The summed E-state index contributed by atoms with van der Waals surface area (Å²) in [6.45, 7) is 1.74. The molecule has 1 aromatic heterocycles. The molecule has 1 amide bonds. The van der Waals surface area contributed by atoms with Crippen LogP contribution in [0.15, 0.2) is 53.7 Å². The first kappa shape index (κ1) is 18.3. The van der Waals surface area contributed by atoms with Crippen molar-refractivity contribution in [3.63, 3.8) is 0 Å². The highest BCUT2D eigenvalue weighted by atomic mass is 32.2. The zero-order chi connectivity index (χ0) is 18.6. The van der Waals surface area contributed by atoms with Crippen molar-refractivity contribution >= 4 is 15.9 Å². The molecule has 2 heterocycles. The highest BCUT2D eigenvalue weighted by Gasteiger charge is 2.26. The maximum Gasteiger partial charge on any atom is 0.252 e. The Kier molecular flexibility index (Phi) is 5.50. The molecule has 0 aliphatic carbocycles. The van der Waals surface area contributed by atoms with Crippen molar-refractivity contribution in [2.24, 2.45) is 0 Å². The Labute approximate surface area is 151 Å². The van der Waals surface area contributed by atoms with Crippen LogP contribution in [-0.4, -0.2) is 44.9 Å². The van der Waals surface area contributed by atoms with Crippen LogP contribution in [0.4, 0.5) is 0 Å². The summed E-state index contributed by atoms with van der Waals surface area (Å²) in [5.74, 6) is -0.310. The number of nitrogens with zero attached hydrogens (tertiary/aromatic N) is 2. The number of morpholine rings is 1. The molecule has 0 atom stereocenters. The van der Waals surface area contributed by atoms with E-state index in [4.69, 9.17) is 4.74 Å². The van der Waals surface area contributed by atoms with Gasteiger partial charge in [-0.3, -0.25) is 4.79 Å². The number of carbonyl (C=O) groups excluding carboxylic acids is 1. The Morgan fingerprint density at radius 3 is 2.35 bits per heavy atom. The van der Waals surface area contributed by atoms with E-state index < -0.39 is 10.0 Å². The first-order chi connectivity index (χ1) is 12.5. The Morgan fingerprint density at radius 1 is 1.12 bits per heavy atom. The number of sulfonamides is 1. The number of amides is 1. The third kappa shape index (κ3) is 4.18. The average Bonchev–Trinajstić information content (AvgIpc) is 2.67. The van der Waals surface area contributed by atoms with Crippen LogP contribution in [0.1, 0.15) is 15.9 Å². The summed E-state index contributed by atoms with van der Waals surface area (Å²) in [4.78, 5) is 12.2. The van der Waals surface area contributed by atoms with Crippen LogP contribution in [-0.2, 0) is 21.3 Å². The molecule has 1 aliphatic rings. The molecular formula is C17H19N3O5S. The number of ether oxygens (including phenoxy) is 1. The zero-order valence-electron chi connectivity index (χ0n) is 14.0. The number of rotatable bonds is 5. The standard InChI is InChI=1S/C17H19N3O5S/c21-17(15-5-7-19(22)8-6-15)18-13-14-1-3-16(4-2-14)26(23,24)20-9-11-25-12-10-20/h1-8H,9-13H2,(H,18,21). The molecule has 1 fully saturated rings. The minimum Gasteiger partial charge on any atom is -0.619 e. The van der Waals surface area contributed by atoms with E-state index in [0.717, 1.165) is 5.56 Å². The van der Waals surface area contributed by atoms with E-state index in [1.54, 1.807) is 12.1 Å². The van der Waals surface area contributed by atoms with Crippen molar-refractivity contribution < 1.29 is 22.7 Å². The fourth-order valence-corrected chi connectivity index (χ4v) is 3.97. The van der Waals surface area contributed by atoms with Crippen LogP contribution in [0.5, 0.6) is 0 Å². The van der Waals surface area contributed by atoms with Gasteiger partial charge in [0.15, 0.2) is 12.4 Å². The smallest absolute Gasteiger partial charge is 0.252 e. The van der Waals surface area contributed by atoms with Crippen molar-refractivity contribution in [3.05, 3.63) is 65.1 Å². The molecule has 1 N–H and O–H groups in total. The van der Waals surface area contributed by atoms with E-state index in [0.29, 0.717) is 36.6 Å². The molecule has 1 saturated heterocycles. The predicted octanol–water partition coefficient (Wildman–Crippen LogP) is 0.271. The van der Waals surface area contributed by atoms with Crippen LogP contribution < -0.4 is 10.0 Å². The Morgan fingerprint density at radius 2 is 1.73 bits per heavy atom. The summed E-state index contributed by atoms with van der Waals surface area (Å²) in [6, 6.07) is 9.28. The lowest BCUT2D eigenvalue weighted by atomic mass is 10.2. The SMILES string of the molecule is O=C(NCc1ccc(S(=O)(=O)N2CCOCC2)cc1)c1cc[n+]([O-])cc1. The van der Waals surface area contributed by atoms with Crippen molar-refractivity contribution in [1.82, 2.24) is 9.62 Å². The Balaban J connectivity index is 1.62. The Hall–Kier alpha value is -2.49. The predicted molar refractivity (Wildman–Crippen MR) is 92.6 cm³/mol. The lowest BCUT2D eigenvalue weighted by Gasteiger charge is -2.26. The fourth-order valence-electron chi connectivity index (χ4n) is 2.56. The molecule has 1 aliphatic heterocycles. The molecule has 0 radical (unpaired) electrons. The number of hydrogen-bond donors (Lipinski definition) is 1. The minimum absolute atomic E-state index is 0.220. The van der Waals surface area contributed by atoms with Crippen LogP contribution in [0.25, 0.3) is 0 Å². The highest BCUT2D eigenvalue weighted by Crippen LogP contribution is 2.17. The second-order valence-corrected chi connectivity index (χ2v) is 7.73. The van der Waals surface area contributed by atoms with Crippen LogP contribution in [0, 0.1) is 5.21 Å². The van der Waals surface area contributed by atoms with Crippen LogP contribution >= 0.6 is 0 Å². The molecular weight excluding hydrogens is 358 g/mol. The van der Waals surface area contributed by atoms with Gasteiger partial charge in [0, 0.05) is 31.8 Å². The van der Waals surface area contributed by atoms with E-state index in [-0.39, 0.29) is 17.3 Å². The Bertz CT molecular complexity index is 860. The summed E-state index contributed by atoms with van der Waals surface area (Å²) in [5, 5.41) is 13.7. The van der Waals surface area contributed by atoms with E-state index in [1.165, 1.54) is 41.0 Å². The van der Waals surface area contributed by atoms with Gasteiger partial charge in [-0.1, -0.05) is 12.1 Å². The fraction of sp³-hybridized carbons (Fsp3) is 0.294. The molecule has 1 aromatic carbocycles. The normalized spacial score (nSPS) is 15.5. The molecule has 0 spiro atoms. The van der Waals surface area contributed by atoms with Crippen molar-refractivity contribution in [2.75, 3.05) is 26.3 Å². The van der Waals surface area contributed by atoms with Crippen LogP contribution in [0.3, 0.4) is 0 Å². The summed E-state index contributed by atoms with van der Waals surface area (Å²) in [7, 11) is -3.52. The average molecular weight is 377 g/mol. The minimum atomic E-state index is -3.52. The third-order valence-electron chi connectivity index (χ3n) is 4.05. The van der Waals surface area contributed by atoms with Gasteiger partial charge in [0.2, 0.25) is 10.0 Å². The van der Waals surface area contributed by atoms with Crippen molar-refractivity contribution in [2.45, 2.75) is 11.4 Å². The van der Waals surface area contributed by atoms with Gasteiger partial charge < -0.3 is 15.3 Å². The summed E-state index contributed by atoms with van der Waals surface area (Å²) >= 11 is 0. The van der Waals surface area contributed by atoms with Gasteiger partial charge in [-0.2, -0.15) is 9.04 Å². The quantitative estimate of drug-likeness (QED) is 0.595. The maximum absolute atomic E-state index is 12.6. The monoisotopic (exact) mass is 377 g/mol. The van der Waals surface area contributed by atoms with Crippen molar-refractivity contribution in [1.29, 1.82) is 0 Å². The molecule has 8 nitrogen and oxygen atoms in total. The summed E-state index contributed by atoms with van der Waals surface area (Å²) in [5.41, 5.74) is 1.15. The van der Waals surface area contributed by atoms with E-state index >= 15 is 0 Å². The highest BCUT2D eigenvalue weighted by molar-refractivity contribution is 7.89.